The third-order valence-electron chi connectivity index (χ3n) is 3.19. The van der Waals surface area contributed by atoms with Crippen molar-refractivity contribution in [3.8, 4) is 5.75 Å². The standard InChI is InChI=1S/C15H17ClO4/c1-4-6-9-7-10(16)14-11(12(9)17)8(3)13(20-14)15(18)19-5-2/h7,17H,4-6H2,1-3H3. The first-order valence-corrected chi connectivity index (χ1v) is 6.99. The number of rotatable bonds is 4. The highest BCUT2D eigenvalue weighted by atomic mass is 35.5. The molecule has 0 amide bonds. The predicted molar refractivity (Wildman–Crippen MR) is 77.6 cm³/mol. The second kappa shape index (κ2) is 5.75. The van der Waals surface area contributed by atoms with Crippen molar-refractivity contribution < 1.29 is 19.1 Å². The zero-order chi connectivity index (χ0) is 14.9. The van der Waals surface area contributed by atoms with E-state index >= 15 is 0 Å². The minimum absolute atomic E-state index is 0.0905. The molecule has 1 aromatic heterocycles. The SMILES string of the molecule is CCCc1cc(Cl)c2oc(C(=O)OCC)c(C)c2c1O. The summed E-state index contributed by atoms with van der Waals surface area (Å²) in [7, 11) is 0. The number of aryl methyl sites for hydroxylation is 2. The van der Waals surface area contributed by atoms with Crippen molar-refractivity contribution >= 4 is 28.5 Å². The van der Waals surface area contributed by atoms with Crippen LogP contribution in [0.1, 0.15) is 41.9 Å². The van der Waals surface area contributed by atoms with E-state index in [-0.39, 0.29) is 18.1 Å². The van der Waals surface area contributed by atoms with Gasteiger partial charge in [0.15, 0.2) is 5.58 Å². The van der Waals surface area contributed by atoms with Crippen LogP contribution in [0, 0.1) is 6.92 Å². The van der Waals surface area contributed by atoms with Crippen LogP contribution in [0.5, 0.6) is 5.75 Å². The van der Waals surface area contributed by atoms with E-state index < -0.39 is 5.97 Å². The van der Waals surface area contributed by atoms with Gasteiger partial charge in [-0.15, -0.1) is 0 Å². The van der Waals surface area contributed by atoms with E-state index in [1.54, 1.807) is 19.9 Å². The Kier molecular flexibility index (Phi) is 4.23. The lowest BCUT2D eigenvalue weighted by molar-refractivity contribution is 0.0491. The summed E-state index contributed by atoms with van der Waals surface area (Å²) in [6, 6.07) is 1.68. The highest BCUT2D eigenvalue weighted by Crippen LogP contribution is 2.40. The molecule has 0 aliphatic carbocycles. The molecule has 20 heavy (non-hydrogen) atoms. The number of benzene rings is 1. The fourth-order valence-electron chi connectivity index (χ4n) is 2.27. The predicted octanol–water partition coefficient (Wildman–Crippen LogP) is 4.23. The molecule has 1 N–H and O–H groups in total. The molecule has 0 fully saturated rings. The molecule has 108 valence electrons. The zero-order valence-corrected chi connectivity index (χ0v) is 12.5. The maximum Gasteiger partial charge on any atom is 0.374 e. The van der Waals surface area contributed by atoms with Gasteiger partial charge in [-0.3, -0.25) is 0 Å². The molecular weight excluding hydrogens is 280 g/mol. The Morgan fingerprint density at radius 3 is 2.75 bits per heavy atom. The molecule has 0 aliphatic heterocycles. The number of phenols is 1. The molecule has 5 heteroatoms. The molecule has 1 aromatic carbocycles. The van der Waals surface area contributed by atoms with E-state index in [9.17, 15) is 9.90 Å². The van der Waals surface area contributed by atoms with Gasteiger partial charge in [0.05, 0.1) is 17.0 Å². The van der Waals surface area contributed by atoms with Gasteiger partial charge in [0.1, 0.15) is 5.75 Å². The van der Waals surface area contributed by atoms with E-state index in [0.717, 1.165) is 12.0 Å². The Labute approximate surface area is 122 Å². The van der Waals surface area contributed by atoms with Crippen molar-refractivity contribution in [3.63, 3.8) is 0 Å². The van der Waals surface area contributed by atoms with E-state index in [1.807, 2.05) is 6.92 Å². The molecule has 2 aromatic rings. The van der Waals surface area contributed by atoms with E-state index in [0.29, 0.717) is 28.0 Å². The van der Waals surface area contributed by atoms with Gasteiger partial charge in [-0.1, -0.05) is 24.9 Å². The van der Waals surface area contributed by atoms with E-state index in [4.69, 9.17) is 20.8 Å². The Hall–Kier alpha value is -1.68. The average molecular weight is 297 g/mol. The van der Waals surface area contributed by atoms with E-state index in [1.165, 1.54) is 0 Å². The maximum atomic E-state index is 11.8. The number of aromatic hydroxyl groups is 1. The van der Waals surface area contributed by atoms with Gasteiger partial charge in [0, 0.05) is 5.56 Å². The Balaban J connectivity index is 2.68. The summed E-state index contributed by atoms with van der Waals surface area (Å²) in [4.78, 5) is 11.8. The van der Waals surface area contributed by atoms with E-state index in [2.05, 4.69) is 0 Å². The molecule has 4 nitrogen and oxygen atoms in total. The van der Waals surface area contributed by atoms with Crippen LogP contribution in [0.3, 0.4) is 0 Å². The molecule has 0 unspecified atom stereocenters. The summed E-state index contributed by atoms with van der Waals surface area (Å²) < 4.78 is 10.4. The van der Waals surface area contributed by atoms with Crippen LogP contribution >= 0.6 is 11.6 Å². The molecule has 1 heterocycles. The Morgan fingerprint density at radius 1 is 1.45 bits per heavy atom. The number of esters is 1. The van der Waals surface area contributed by atoms with Crippen molar-refractivity contribution in [2.75, 3.05) is 6.61 Å². The van der Waals surface area contributed by atoms with Gasteiger partial charge in [-0.25, -0.2) is 4.79 Å². The molecule has 2 rings (SSSR count). The lowest BCUT2D eigenvalue weighted by Crippen LogP contribution is -2.04. The van der Waals surface area contributed by atoms with Gasteiger partial charge in [-0.2, -0.15) is 0 Å². The number of carbonyl (C=O) groups is 1. The van der Waals surface area contributed by atoms with Crippen LogP contribution in [0.4, 0.5) is 0 Å². The third-order valence-corrected chi connectivity index (χ3v) is 3.47. The second-order valence-corrected chi connectivity index (χ2v) is 5.00. The molecule has 0 radical (unpaired) electrons. The van der Waals surface area contributed by atoms with Crippen LogP contribution in [-0.2, 0) is 11.2 Å². The van der Waals surface area contributed by atoms with Crippen molar-refractivity contribution in [1.29, 1.82) is 0 Å². The molecular formula is C15H17ClO4. The van der Waals surface area contributed by atoms with Crippen LogP contribution < -0.4 is 0 Å². The number of fused-ring (bicyclic) bond motifs is 1. The summed E-state index contributed by atoms with van der Waals surface area (Å²) >= 11 is 6.18. The Bertz CT molecular complexity index is 658. The summed E-state index contributed by atoms with van der Waals surface area (Å²) in [5.74, 6) is -0.329. The van der Waals surface area contributed by atoms with Gasteiger partial charge < -0.3 is 14.3 Å². The molecule has 0 aliphatic rings. The fraction of sp³-hybridized carbons (Fsp3) is 0.400. The minimum atomic E-state index is -0.547. The first-order valence-electron chi connectivity index (χ1n) is 6.61. The molecule has 0 saturated carbocycles. The number of furan rings is 1. The lowest BCUT2D eigenvalue weighted by Gasteiger charge is -2.05. The van der Waals surface area contributed by atoms with Gasteiger partial charge in [-0.05, 0) is 31.9 Å². The summed E-state index contributed by atoms with van der Waals surface area (Å²) in [6.07, 6.45) is 1.60. The number of phenolic OH excluding ortho intramolecular Hbond substituents is 1. The molecule has 0 bridgehead atoms. The van der Waals surface area contributed by atoms with Crippen LogP contribution in [0.2, 0.25) is 5.02 Å². The van der Waals surface area contributed by atoms with Crippen molar-refractivity contribution in [2.24, 2.45) is 0 Å². The summed E-state index contributed by atoms with van der Waals surface area (Å²) in [5.41, 5.74) is 1.63. The second-order valence-electron chi connectivity index (χ2n) is 4.60. The number of halogens is 1. The smallest absolute Gasteiger partial charge is 0.374 e. The average Bonchev–Trinajstić information content (AvgIpc) is 2.75. The minimum Gasteiger partial charge on any atom is -0.507 e. The van der Waals surface area contributed by atoms with Crippen molar-refractivity contribution in [1.82, 2.24) is 0 Å². The van der Waals surface area contributed by atoms with Crippen LogP contribution in [0.15, 0.2) is 10.5 Å². The zero-order valence-electron chi connectivity index (χ0n) is 11.7. The van der Waals surface area contributed by atoms with Gasteiger partial charge >= 0.3 is 5.97 Å². The van der Waals surface area contributed by atoms with Gasteiger partial charge in [0.2, 0.25) is 5.76 Å². The molecule has 0 atom stereocenters. The first-order chi connectivity index (χ1) is 9.51. The number of hydrogen-bond acceptors (Lipinski definition) is 4. The Morgan fingerprint density at radius 2 is 2.15 bits per heavy atom. The topological polar surface area (TPSA) is 59.7 Å². The van der Waals surface area contributed by atoms with Crippen LogP contribution in [0.25, 0.3) is 11.0 Å². The van der Waals surface area contributed by atoms with Crippen molar-refractivity contribution in [3.05, 3.63) is 28.0 Å². The summed E-state index contributed by atoms with van der Waals surface area (Å²) in [5, 5.41) is 11.2. The highest BCUT2D eigenvalue weighted by Gasteiger charge is 2.24. The third kappa shape index (κ3) is 2.36. The first kappa shape index (κ1) is 14.7. The summed E-state index contributed by atoms with van der Waals surface area (Å²) in [6.45, 7) is 5.71. The number of hydrogen-bond donors (Lipinski definition) is 1. The van der Waals surface area contributed by atoms with Crippen molar-refractivity contribution in [2.45, 2.75) is 33.6 Å². The van der Waals surface area contributed by atoms with Gasteiger partial charge in [0.25, 0.3) is 0 Å². The fourth-order valence-corrected chi connectivity index (χ4v) is 2.53. The molecule has 0 spiro atoms. The monoisotopic (exact) mass is 296 g/mol. The van der Waals surface area contributed by atoms with Crippen LogP contribution in [-0.4, -0.2) is 17.7 Å². The quantitative estimate of drug-likeness (QED) is 0.858. The number of carbonyl (C=O) groups excluding carboxylic acids is 1. The molecule has 0 saturated heterocycles. The highest BCUT2D eigenvalue weighted by molar-refractivity contribution is 6.35. The maximum absolute atomic E-state index is 11.8. The largest absolute Gasteiger partial charge is 0.507 e. The lowest BCUT2D eigenvalue weighted by atomic mass is 10.0. The normalized spacial score (nSPS) is 11.0. The number of ether oxygens (including phenoxy) is 1.